The van der Waals surface area contributed by atoms with E-state index in [0.29, 0.717) is 33.4 Å². The Morgan fingerprint density at radius 2 is 1.97 bits per heavy atom. The van der Waals surface area contributed by atoms with Crippen LogP contribution in [0.2, 0.25) is 5.02 Å². The normalized spacial score (nSPS) is 16.8. The minimum absolute atomic E-state index is 0.0813. The fourth-order valence-electron chi connectivity index (χ4n) is 5.17. The third-order valence-corrected chi connectivity index (χ3v) is 7.15. The van der Waals surface area contributed by atoms with Crippen LogP contribution in [0, 0.1) is 0 Å². The molecule has 4 aromatic rings. The molecule has 6 rings (SSSR count). The molecule has 0 saturated carbocycles. The summed E-state index contributed by atoms with van der Waals surface area (Å²) in [5.41, 5.74) is 4.31. The number of halogens is 1. The molecular formula is C27H20ClN3O5. The van der Waals surface area contributed by atoms with Gasteiger partial charge in [0.2, 0.25) is 5.91 Å². The van der Waals surface area contributed by atoms with Gasteiger partial charge in [0.25, 0.3) is 5.91 Å². The van der Waals surface area contributed by atoms with E-state index in [9.17, 15) is 19.5 Å². The van der Waals surface area contributed by atoms with Gasteiger partial charge in [-0.05, 0) is 48.0 Å². The van der Waals surface area contributed by atoms with E-state index in [-0.39, 0.29) is 23.9 Å². The van der Waals surface area contributed by atoms with Crippen LogP contribution in [0.4, 0.5) is 5.69 Å². The molecule has 9 heteroatoms. The molecule has 0 saturated heterocycles. The number of anilines is 1. The molecule has 0 bridgehead atoms. The second kappa shape index (κ2) is 7.86. The number of carbonyl (C=O) groups excluding carboxylic acids is 2. The lowest BCUT2D eigenvalue weighted by atomic mass is 9.88. The predicted octanol–water partition coefficient (Wildman–Crippen LogP) is 4.99. The third-order valence-electron chi connectivity index (χ3n) is 6.82. The monoisotopic (exact) mass is 501 g/mol. The van der Waals surface area contributed by atoms with Crippen molar-refractivity contribution in [3.8, 4) is 11.3 Å². The number of aromatic carboxylic acids is 1. The Morgan fingerprint density at radius 1 is 1.17 bits per heavy atom. The highest BCUT2D eigenvalue weighted by molar-refractivity contribution is 6.33. The number of nitrogens with one attached hydrogen (secondary N) is 1. The third kappa shape index (κ3) is 3.18. The molecule has 8 nitrogen and oxygen atoms in total. The fraction of sp³-hybridized carbons (Fsp3) is 0.148. The lowest BCUT2D eigenvalue weighted by Gasteiger charge is -2.17. The molecule has 2 amide bonds. The van der Waals surface area contributed by atoms with Crippen molar-refractivity contribution in [2.75, 3.05) is 11.9 Å². The largest absolute Gasteiger partial charge is 0.478 e. The van der Waals surface area contributed by atoms with Crippen molar-refractivity contribution in [2.45, 2.75) is 12.8 Å². The van der Waals surface area contributed by atoms with Crippen molar-refractivity contribution in [1.82, 2.24) is 9.47 Å². The van der Waals surface area contributed by atoms with Crippen molar-refractivity contribution >= 4 is 46.0 Å². The second-order valence-corrected chi connectivity index (χ2v) is 9.36. The van der Waals surface area contributed by atoms with Gasteiger partial charge in [0.15, 0.2) is 0 Å². The Bertz CT molecular complexity index is 1660. The smallest absolute Gasteiger partial charge is 0.335 e. The van der Waals surface area contributed by atoms with Crippen LogP contribution >= 0.6 is 11.6 Å². The number of benzene rings is 2. The first kappa shape index (κ1) is 22.2. The Hall–Kier alpha value is -4.30. The summed E-state index contributed by atoms with van der Waals surface area (Å²) in [6.07, 6.45) is 1.97. The maximum absolute atomic E-state index is 13.5. The van der Waals surface area contributed by atoms with E-state index in [1.807, 2.05) is 36.0 Å². The van der Waals surface area contributed by atoms with Gasteiger partial charge in [0, 0.05) is 42.5 Å². The van der Waals surface area contributed by atoms with Gasteiger partial charge in [-0.3, -0.25) is 14.5 Å². The van der Waals surface area contributed by atoms with Gasteiger partial charge >= 0.3 is 5.97 Å². The van der Waals surface area contributed by atoms with Crippen molar-refractivity contribution < 1.29 is 23.9 Å². The maximum Gasteiger partial charge on any atom is 0.335 e. The van der Waals surface area contributed by atoms with E-state index in [1.165, 1.54) is 30.0 Å². The first-order valence-electron chi connectivity index (χ1n) is 11.3. The number of hydrogen-bond donors (Lipinski definition) is 2. The molecule has 1 unspecified atom stereocenters. The van der Waals surface area contributed by atoms with Gasteiger partial charge in [0.05, 0.1) is 34.1 Å². The van der Waals surface area contributed by atoms with Gasteiger partial charge in [-0.2, -0.15) is 0 Å². The molecule has 2 N–H and O–H groups in total. The minimum Gasteiger partial charge on any atom is -0.478 e. The highest BCUT2D eigenvalue weighted by Gasteiger charge is 2.42. The first-order valence-corrected chi connectivity index (χ1v) is 11.7. The number of carbonyl (C=O) groups is 3. The van der Waals surface area contributed by atoms with E-state index in [2.05, 4.69) is 5.32 Å². The lowest BCUT2D eigenvalue weighted by Crippen LogP contribution is -2.33. The summed E-state index contributed by atoms with van der Waals surface area (Å²) in [7, 11) is 1.94. The summed E-state index contributed by atoms with van der Waals surface area (Å²) in [6, 6.07) is 13.8. The summed E-state index contributed by atoms with van der Waals surface area (Å²) in [6.45, 7) is 1.52. The second-order valence-electron chi connectivity index (χ2n) is 8.96. The van der Waals surface area contributed by atoms with Crippen molar-refractivity contribution in [1.29, 1.82) is 0 Å². The predicted molar refractivity (Wildman–Crippen MR) is 134 cm³/mol. The number of carboxylic acid groups (broad SMARTS) is 1. The summed E-state index contributed by atoms with van der Waals surface area (Å²) in [5, 5.41) is 14.1. The van der Waals surface area contributed by atoms with E-state index < -0.39 is 11.9 Å². The maximum atomic E-state index is 13.5. The molecular weight excluding hydrogens is 482 g/mol. The molecule has 0 radical (unpaired) electrons. The van der Waals surface area contributed by atoms with Gasteiger partial charge in [-0.1, -0.05) is 17.7 Å². The molecule has 0 fully saturated rings. The van der Waals surface area contributed by atoms with Crippen LogP contribution in [0.25, 0.3) is 22.2 Å². The van der Waals surface area contributed by atoms with Crippen LogP contribution in [0.5, 0.6) is 0 Å². The first-order chi connectivity index (χ1) is 17.2. The number of rotatable bonds is 3. The van der Waals surface area contributed by atoms with Crippen LogP contribution in [0.3, 0.4) is 0 Å². The molecule has 36 heavy (non-hydrogen) atoms. The number of aryl methyl sites for hydroxylation is 1. The fourth-order valence-corrected chi connectivity index (χ4v) is 5.38. The van der Waals surface area contributed by atoms with Crippen molar-refractivity contribution in [3.63, 3.8) is 0 Å². The molecule has 4 heterocycles. The Balaban J connectivity index is 1.56. The topological polar surface area (TPSA) is 105 Å². The zero-order valence-corrected chi connectivity index (χ0v) is 20.1. The number of amides is 2. The lowest BCUT2D eigenvalue weighted by molar-refractivity contribution is -0.139. The standard InChI is InChI=1S/C27H20ClN3O5/c1-13(32)31-12-19-25(26(31)33)24(16-11-30(2)20-5-3-4-18(29-19)23(16)20)22-9-8-21(36-22)15-10-14(27(34)35)6-7-17(15)28/h3-11,24,29H,12H2,1-2H3,(H,34,35). The average Bonchev–Trinajstić information content (AvgIpc) is 3.51. The Morgan fingerprint density at radius 3 is 2.72 bits per heavy atom. The van der Waals surface area contributed by atoms with Crippen molar-refractivity contribution in [3.05, 3.63) is 87.9 Å². The average molecular weight is 502 g/mol. The summed E-state index contributed by atoms with van der Waals surface area (Å²) < 4.78 is 8.28. The van der Waals surface area contributed by atoms with Gasteiger partial charge < -0.3 is 19.4 Å². The van der Waals surface area contributed by atoms with Crippen LogP contribution in [0.15, 0.2) is 70.4 Å². The summed E-state index contributed by atoms with van der Waals surface area (Å²) >= 11 is 6.38. The Kier molecular flexibility index (Phi) is 4.84. The van der Waals surface area contributed by atoms with E-state index >= 15 is 0 Å². The van der Waals surface area contributed by atoms with Gasteiger partial charge in [0.1, 0.15) is 11.5 Å². The number of imide groups is 1. The molecule has 0 spiro atoms. The SMILES string of the molecule is CC(=O)N1CC2=C(C1=O)C(c1ccc(-c3cc(C(=O)O)ccc3Cl)o1)c1cn(C)c3cccc(c13)N2. The summed E-state index contributed by atoms with van der Waals surface area (Å²) in [5.74, 6) is -1.51. The zero-order valence-electron chi connectivity index (χ0n) is 19.3. The minimum atomic E-state index is -1.08. The van der Waals surface area contributed by atoms with Crippen LogP contribution in [0.1, 0.15) is 34.5 Å². The van der Waals surface area contributed by atoms with E-state index in [4.69, 9.17) is 16.0 Å². The van der Waals surface area contributed by atoms with Gasteiger partial charge in [-0.25, -0.2) is 4.79 Å². The van der Waals surface area contributed by atoms with Crippen LogP contribution in [-0.4, -0.2) is 38.9 Å². The van der Waals surface area contributed by atoms with Crippen molar-refractivity contribution in [2.24, 2.45) is 7.05 Å². The highest BCUT2D eigenvalue weighted by Crippen LogP contribution is 2.47. The molecule has 1 atom stereocenters. The van der Waals surface area contributed by atoms with Crippen LogP contribution < -0.4 is 5.32 Å². The van der Waals surface area contributed by atoms with E-state index in [1.54, 1.807) is 12.1 Å². The molecule has 2 aliphatic rings. The quantitative estimate of drug-likeness (QED) is 0.410. The van der Waals surface area contributed by atoms with E-state index in [0.717, 1.165) is 22.2 Å². The number of carboxylic acids is 1. The number of hydrogen-bond acceptors (Lipinski definition) is 5. The molecule has 2 aromatic heterocycles. The molecule has 2 aromatic carbocycles. The number of aromatic nitrogens is 1. The molecule has 2 aliphatic heterocycles. The van der Waals surface area contributed by atoms with Gasteiger partial charge in [-0.15, -0.1) is 0 Å². The molecule has 180 valence electrons. The highest BCUT2D eigenvalue weighted by atomic mass is 35.5. The Labute approximate surface area is 210 Å². The zero-order chi connectivity index (χ0) is 25.3. The van der Waals surface area contributed by atoms with Crippen LogP contribution in [-0.2, 0) is 16.6 Å². The number of nitrogens with zero attached hydrogens (tertiary/aromatic N) is 2. The molecule has 0 aliphatic carbocycles. The number of furan rings is 1. The summed E-state index contributed by atoms with van der Waals surface area (Å²) in [4.78, 5) is 38.5.